The summed E-state index contributed by atoms with van der Waals surface area (Å²) in [4.78, 5) is 13.8. The van der Waals surface area contributed by atoms with Crippen LogP contribution in [0.25, 0.3) is 0 Å². The molecule has 0 spiro atoms. The minimum Gasteiger partial charge on any atom is -0.480 e. The van der Waals surface area contributed by atoms with E-state index in [0.717, 1.165) is 24.1 Å². The lowest BCUT2D eigenvalue weighted by Gasteiger charge is -2.40. The molecule has 1 saturated heterocycles. The first-order valence-corrected chi connectivity index (χ1v) is 9.54. The number of aliphatic hydroxyl groups excluding tert-OH is 1. The van der Waals surface area contributed by atoms with E-state index in [0.29, 0.717) is 25.9 Å². The average molecular weight is 394 g/mol. The van der Waals surface area contributed by atoms with Crippen molar-refractivity contribution in [3.8, 4) is 0 Å². The second-order valence-electron chi connectivity index (χ2n) is 7.57. The monoisotopic (exact) mass is 394 g/mol. The largest absolute Gasteiger partial charge is 0.480 e. The average Bonchev–Trinajstić information content (AvgIpc) is 2.69. The lowest BCUT2D eigenvalue weighted by Crippen LogP contribution is -2.54. The molecule has 1 heterocycles. The van der Waals surface area contributed by atoms with E-state index in [1.165, 1.54) is 14.2 Å². The first-order valence-electron chi connectivity index (χ1n) is 9.54. The summed E-state index contributed by atoms with van der Waals surface area (Å²) >= 11 is 0. The molecule has 5 N–H and O–H groups in total. The Hall–Kier alpha value is -1.23. The quantitative estimate of drug-likeness (QED) is 0.297. The number of ether oxygens (including phenoxy) is 2. The lowest BCUT2D eigenvalue weighted by atomic mass is 9.67. The third kappa shape index (κ3) is 4.84. The molecule has 0 saturated carbocycles. The van der Waals surface area contributed by atoms with Crippen LogP contribution >= 0.6 is 0 Å². The molecule has 28 heavy (non-hydrogen) atoms. The molecule has 2 rings (SSSR count). The van der Waals surface area contributed by atoms with Crippen molar-refractivity contribution in [3.63, 3.8) is 0 Å². The van der Waals surface area contributed by atoms with Crippen LogP contribution in [0.1, 0.15) is 25.7 Å². The van der Waals surface area contributed by atoms with Gasteiger partial charge in [-0.2, -0.15) is 0 Å². The van der Waals surface area contributed by atoms with Gasteiger partial charge in [-0.1, -0.05) is 6.42 Å². The molecule has 1 aliphatic heterocycles. The predicted octanol–water partition coefficient (Wildman–Crippen LogP) is -0.190. The van der Waals surface area contributed by atoms with E-state index in [2.05, 4.69) is 4.90 Å². The minimum absolute atomic E-state index is 0.0519. The summed E-state index contributed by atoms with van der Waals surface area (Å²) in [5.74, 6) is -3.40. The molecule has 0 bridgehead atoms. The summed E-state index contributed by atoms with van der Waals surface area (Å²) in [7, 11) is 8.97. The van der Waals surface area contributed by atoms with Crippen LogP contribution in [0.4, 0.5) is 0 Å². The van der Waals surface area contributed by atoms with Crippen LogP contribution in [0, 0.1) is 0 Å². The Morgan fingerprint density at radius 3 is 2.79 bits per heavy atom. The minimum atomic E-state index is -1.55. The van der Waals surface area contributed by atoms with Crippen LogP contribution in [0.5, 0.6) is 0 Å². The maximum atomic E-state index is 11.7. The molecule has 1 aliphatic carbocycles. The van der Waals surface area contributed by atoms with Gasteiger partial charge in [0.25, 0.3) is 0 Å². The maximum Gasteiger partial charge on any atom is 0.323 e. The number of aliphatic carboxylic acids is 1. The highest BCUT2D eigenvalue weighted by Gasteiger charge is 2.41. The highest BCUT2D eigenvalue weighted by molar-refractivity contribution is 6.15. The zero-order chi connectivity index (χ0) is 20.9. The molecule has 156 valence electrons. The molecule has 0 amide bonds. The highest BCUT2D eigenvalue weighted by atomic mass is 16.6. The zero-order valence-corrected chi connectivity index (χ0v) is 16.6. The van der Waals surface area contributed by atoms with Crippen LogP contribution < -0.4 is 5.73 Å². The van der Waals surface area contributed by atoms with Crippen LogP contribution in [0.2, 0.25) is 5.82 Å². The molecular weight excluding hydrogens is 363 g/mol. The SMILES string of the molecule is [B]C(CCCO)C(N)(CCN1CCC2=CC(OC)C(O)(OC)C=C2C1)C(=O)O. The van der Waals surface area contributed by atoms with Crippen LogP contribution in [-0.4, -0.2) is 91.9 Å². The van der Waals surface area contributed by atoms with Gasteiger partial charge in [0.2, 0.25) is 5.79 Å². The first-order chi connectivity index (χ1) is 13.2. The molecule has 2 aliphatic rings. The van der Waals surface area contributed by atoms with Gasteiger partial charge in [0.05, 0.1) is 7.85 Å². The molecule has 0 aromatic rings. The number of piperidine rings is 1. The number of aliphatic hydroxyl groups is 2. The summed E-state index contributed by atoms with van der Waals surface area (Å²) in [6.45, 7) is 1.70. The molecule has 4 atom stereocenters. The number of carboxylic acid groups (broad SMARTS) is 1. The fourth-order valence-electron chi connectivity index (χ4n) is 3.79. The third-order valence-electron chi connectivity index (χ3n) is 5.80. The van der Waals surface area contributed by atoms with Crippen molar-refractivity contribution >= 4 is 13.8 Å². The second-order valence-corrected chi connectivity index (χ2v) is 7.57. The number of carboxylic acids is 1. The molecule has 4 unspecified atom stereocenters. The summed E-state index contributed by atoms with van der Waals surface area (Å²) in [6.07, 6.45) is 4.68. The molecule has 0 aromatic heterocycles. The van der Waals surface area contributed by atoms with Gasteiger partial charge in [-0.25, -0.2) is 0 Å². The summed E-state index contributed by atoms with van der Waals surface area (Å²) in [5, 5.41) is 29.2. The molecular formula is C19H31BN2O6. The van der Waals surface area contributed by atoms with Gasteiger partial charge in [0.1, 0.15) is 11.6 Å². The van der Waals surface area contributed by atoms with Gasteiger partial charge in [-0.3, -0.25) is 9.69 Å². The summed E-state index contributed by atoms with van der Waals surface area (Å²) in [6, 6.07) is 0. The van der Waals surface area contributed by atoms with E-state index in [4.69, 9.17) is 28.2 Å². The number of nitrogens with zero attached hydrogens (tertiary/aromatic N) is 1. The molecule has 2 radical (unpaired) electrons. The Kier molecular flexibility index (Phi) is 7.84. The van der Waals surface area contributed by atoms with Gasteiger partial charge in [0.15, 0.2) is 0 Å². The lowest BCUT2D eigenvalue weighted by molar-refractivity contribution is -0.203. The highest BCUT2D eigenvalue weighted by Crippen LogP contribution is 2.34. The molecule has 0 aromatic carbocycles. The Morgan fingerprint density at radius 1 is 1.50 bits per heavy atom. The van der Waals surface area contributed by atoms with Gasteiger partial charge in [-0.15, -0.1) is 0 Å². The molecule has 8 nitrogen and oxygen atoms in total. The Bertz CT molecular complexity index is 628. The van der Waals surface area contributed by atoms with Crippen LogP contribution in [-0.2, 0) is 14.3 Å². The zero-order valence-electron chi connectivity index (χ0n) is 16.6. The number of hydrogen-bond donors (Lipinski definition) is 4. The predicted molar refractivity (Wildman–Crippen MR) is 105 cm³/mol. The van der Waals surface area contributed by atoms with E-state index < -0.39 is 29.2 Å². The number of likely N-dealkylation sites (tertiary alicyclic amines) is 1. The number of rotatable bonds is 10. The van der Waals surface area contributed by atoms with E-state index >= 15 is 0 Å². The van der Waals surface area contributed by atoms with E-state index in [1.807, 2.05) is 6.08 Å². The second kappa shape index (κ2) is 9.52. The van der Waals surface area contributed by atoms with Crippen molar-refractivity contribution in [1.29, 1.82) is 0 Å². The van der Waals surface area contributed by atoms with E-state index in [-0.39, 0.29) is 13.0 Å². The Balaban J connectivity index is 2.05. The first kappa shape index (κ1) is 23.1. The van der Waals surface area contributed by atoms with E-state index in [1.54, 1.807) is 6.08 Å². The van der Waals surface area contributed by atoms with Gasteiger partial charge in [0, 0.05) is 40.5 Å². The Labute approximate surface area is 167 Å². The number of nitrogens with two attached hydrogens (primary N) is 1. The van der Waals surface area contributed by atoms with Crippen molar-refractivity contribution in [2.24, 2.45) is 5.73 Å². The number of methoxy groups -OCH3 is 2. The smallest absolute Gasteiger partial charge is 0.323 e. The summed E-state index contributed by atoms with van der Waals surface area (Å²) < 4.78 is 10.6. The Morgan fingerprint density at radius 2 is 2.21 bits per heavy atom. The van der Waals surface area contributed by atoms with Crippen LogP contribution in [0.15, 0.2) is 23.3 Å². The third-order valence-corrected chi connectivity index (χ3v) is 5.80. The summed E-state index contributed by atoms with van der Waals surface area (Å²) in [5.41, 5.74) is 6.62. The molecule has 1 fully saturated rings. The van der Waals surface area contributed by atoms with Crippen molar-refractivity contribution in [2.45, 2.75) is 48.9 Å². The van der Waals surface area contributed by atoms with Gasteiger partial charge >= 0.3 is 5.97 Å². The normalized spacial score (nSPS) is 28.7. The van der Waals surface area contributed by atoms with Crippen molar-refractivity contribution in [3.05, 3.63) is 23.3 Å². The number of hydrogen-bond acceptors (Lipinski definition) is 7. The number of fused-ring (bicyclic) bond motifs is 1. The number of carbonyl (C=O) groups is 1. The maximum absolute atomic E-state index is 11.7. The topological polar surface area (TPSA) is 125 Å². The van der Waals surface area contributed by atoms with Crippen molar-refractivity contribution < 1.29 is 29.6 Å². The van der Waals surface area contributed by atoms with Crippen molar-refractivity contribution in [1.82, 2.24) is 4.90 Å². The fourth-order valence-corrected chi connectivity index (χ4v) is 3.79. The van der Waals surface area contributed by atoms with Crippen molar-refractivity contribution in [2.75, 3.05) is 40.5 Å². The molecule has 9 heteroatoms. The van der Waals surface area contributed by atoms with Gasteiger partial charge < -0.3 is 30.5 Å². The standard InChI is InChI=1S/C19H31BN2O6/c1-27-16-10-13-5-7-22(12-14(13)11-19(16,26)28-2)8-6-18(21,17(24)25)15(20)4-3-9-23/h10-11,15-16,23,26H,3-9,12,21H2,1-2H3,(H,24,25). The van der Waals surface area contributed by atoms with E-state index in [9.17, 15) is 15.0 Å². The fraction of sp³-hybridized carbons (Fsp3) is 0.737. The van der Waals surface area contributed by atoms with Gasteiger partial charge in [-0.05, 0) is 48.4 Å². The van der Waals surface area contributed by atoms with Crippen LogP contribution in [0.3, 0.4) is 0 Å².